The molecule has 1 unspecified atom stereocenters. The fourth-order valence-electron chi connectivity index (χ4n) is 3.94. The van der Waals surface area contributed by atoms with Crippen LogP contribution in [0.5, 0.6) is 0 Å². The normalized spacial score (nSPS) is 23.8. The Morgan fingerprint density at radius 2 is 2.00 bits per heavy atom. The third-order valence-electron chi connectivity index (χ3n) is 5.16. The highest BCUT2D eigenvalue weighted by Gasteiger charge is 2.47. The molecule has 0 bridgehead atoms. The lowest BCUT2D eigenvalue weighted by molar-refractivity contribution is -0.117. The predicted molar refractivity (Wildman–Crippen MR) is 89.9 cm³/mol. The zero-order chi connectivity index (χ0) is 17.4. The van der Waals surface area contributed by atoms with E-state index in [9.17, 15) is 13.6 Å². The molecule has 1 aromatic carbocycles. The Morgan fingerprint density at radius 1 is 1.12 bits per heavy atom. The van der Waals surface area contributed by atoms with Crippen LogP contribution in [0.25, 0.3) is 0 Å². The minimum absolute atomic E-state index is 0.0225. The minimum Gasteiger partial charge on any atom is -0.312 e. The third kappa shape index (κ3) is 3.14. The Balaban J connectivity index is 1.47. The smallest absolute Gasteiger partial charge is 0.227 e. The molecule has 2 saturated heterocycles. The third-order valence-corrected chi connectivity index (χ3v) is 5.16. The van der Waals surface area contributed by atoms with Gasteiger partial charge in [0.15, 0.2) is 11.6 Å². The molecule has 1 spiro atoms. The first kappa shape index (κ1) is 16.1. The Labute approximate surface area is 145 Å². The maximum Gasteiger partial charge on any atom is 0.227 e. The first-order valence-electron chi connectivity index (χ1n) is 8.42. The molecule has 25 heavy (non-hydrogen) atoms. The number of nitrogens with zero attached hydrogens (tertiary/aromatic N) is 3. The van der Waals surface area contributed by atoms with Crippen molar-refractivity contribution in [3.63, 3.8) is 0 Å². The number of rotatable bonds is 3. The van der Waals surface area contributed by atoms with Gasteiger partial charge in [-0.25, -0.2) is 8.78 Å². The molecule has 2 fully saturated rings. The molecule has 2 aromatic rings. The fraction of sp³-hybridized carbons (Fsp3) is 0.368. The highest BCUT2D eigenvalue weighted by atomic mass is 19.2. The second kappa shape index (κ2) is 6.19. The summed E-state index contributed by atoms with van der Waals surface area (Å²) < 4.78 is 26.6. The zero-order valence-electron chi connectivity index (χ0n) is 13.8. The van der Waals surface area contributed by atoms with Crippen molar-refractivity contribution in [1.82, 2.24) is 9.88 Å². The molecule has 0 saturated carbocycles. The van der Waals surface area contributed by atoms with Crippen molar-refractivity contribution in [2.45, 2.75) is 19.4 Å². The number of hydrogen-bond acceptors (Lipinski definition) is 3. The summed E-state index contributed by atoms with van der Waals surface area (Å²) in [5.41, 5.74) is 1.33. The molecular weight excluding hydrogens is 324 g/mol. The second-order valence-corrected chi connectivity index (χ2v) is 7.04. The number of amides is 1. The average Bonchev–Trinajstić information content (AvgIpc) is 3.14. The molecule has 3 heterocycles. The Bertz CT molecular complexity index is 799. The summed E-state index contributed by atoms with van der Waals surface area (Å²) in [6.45, 7) is 3.04. The largest absolute Gasteiger partial charge is 0.312 e. The maximum absolute atomic E-state index is 13.5. The Kier molecular flexibility index (Phi) is 4.00. The SMILES string of the molecule is O=C1CC2(CCN(Cc3ccccn3)C2)CN1c1ccc(F)c(F)c1. The second-order valence-electron chi connectivity index (χ2n) is 7.04. The maximum atomic E-state index is 13.5. The van der Waals surface area contributed by atoms with E-state index in [1.165, 1.54) is 6.07 Å². The van der Waals surface area contributed by atoms with E-state index in [1.807, 2.05) is 18.2 Å². The molecule has 6 heteroatoms. The van der Waals surface area contributed by atoms with E-state index in [1.54, 1.807) is 11.1 Å². The number of aromatic nitrogens is 1. The van der Waals surface area contributed by atoms with Crippen LogP contribution in [-0.4, -0.2) is 35.4 Å². The van der Waals surface area contributed by atoms with Crippen molar-refractivity contribution in [2.75, 3.05) is 24.5 Å². The van der Waals surface area contributed by atoms with Crippen molar-refractivity contribution >= 4 is 11.6 Å². The molecular formula is C19H19F2N3O. The number of pyridine rings is 1. The summed E-state index contributed by atoms with van der Waals surface area (Å²) in [6, 6.07) is 9.51. The van der Waals surface area contributed by atoms with Crippen LogP contribution < -0.4 is 4.90 Å². The van der Waals surface area contributed by atoms with Crippen LogP contribution in [0.15, 0.2) is 42.6 Å². The molecule has 2 aliphatic rings. The van der Waals surface area contributed by atoms with Crippen LogP contribution >= 0.6 is 0 Å². The molecule has 2 aliphatic heterocycles. The highest BCUT2D eigenvalue weighted by molar-refractivity contribution is 5.96. The van der Waals surface area contributed by atoms with E-state index >= 15 is 0 Å². The molecule has 1 amide bonds. The molecule has 1 atom stereocenters. The van der Waals surface area contributed by atoms with Gasteiger partial charge >= 0.3 is 0 Å². The topological polar surface area (TPSA) is 36.4 Å². The standard InChI is InChI=1S/C19H19F2N3O/c20-16-5-4-15(9-17(16)21)24-13-19(10-18(24)25)6-8-23(12-19)11-14-3-1-2-7-22-14/h1-5,7,9H,6,8,10-13H2. The summed E-state index contributed by atoms with van der Waals surface area (Å²) in [7, 11) is 0. The van der Waals surface area contributed by atoms with Crippen LogP contribution in [0.1, 0.15) is 18.5 Å². The lowest BCUT2D eigenvalue weighted by Gasteiger charge is -2.24. The van der Waals surface area contributed by atoms with Crippen molar-refractivity contribution in [3.05, 3.63) is 59.9 Å². The number of hydrogen-bond donors (Lipinski definition) is 0. The van der Waals surface area contributed by atoms with Crippen molar-refractivity contribution in [1.29, 1.82) is 0 Å². The summed E-state index contributed by atoms with van der Waals surface area (Å²) in [4.78, 5) is 20.7. The van der Waals surface area contributed by atoms with Crippen LogP contribution in [-0.2, 0) is 11.3 Å². The zero-order valence-corrected chi connectivity index (χ0v) is 13.8. The van der Waals surface area contributed by atoms with Crippen molar-refractivity contribution < 1.29 is 13.6 Å². The molecule has 130 valence electrons. The lowest BCUT2D eigenvalue weighted by Crippen LogP contribution is -2.31. The van der Waals surface area contributed by atoms with Gasteiger partial charge in [0.2, 0.25) is 5.91 Å². The van der Waals surface area contributed by atoms with E-state index in [0.717, 1.165) is 43.9 Å². The molecule has 4 nitrogen and oxygen atoms in total. The fourth-order valence-corrected chi connectivity index (χ4v) is 3.94. The van der Waals surface area contributed by atoms with E-state index in [2.05, 4.69) is 9.88 Å². The minimum atomic E-state index is -0.922. The molecule has 0 aliphatic carbocycles. The average molecular weight is 343 g/mol. The number of halogens is 2. The molecule has 1 aromatic heterocycles. The van der Waals surface area contributed by atoms with E-state index < -0.39 is 11.6 Å². The monoisotopic (exact) mass is 343 g/mol. The van der Waals surface area contributed by atoms with Gasteiger partial charge in [-0.15, -0.1) is 0 Å². The first-order chi connectivity index (χ1) is 12.0. The molecule has 0 radical (unpaired) electrons. The van der Waals surface area contributed by atoms with Crippen LogP contribution in [0, 0.1) is 17.0 Å². The molecule has 4 rings (SSSR count). The van der Waals surface area contributed by atoms with Gasteiger partial charge < -0.3 is 4.90 Å². The van der Waals surface area contributed by atoms with Crippen molar-refractivity contribution in [2.24, 2.45) is 5.41 Å². The van der Waals surface area contributed by atoms with Gasteiger partial charge in [0.25, 0.3) is 0 Å². The van der Waals surface area contributed by atoms with Gasteiger partial charge in [0, 0.05) is 49.4 Å². The van der Waals surface area contributed by atoms with Gasteiger partial charge in [-0.05, 0) is 37.2 Å². The Morgan fingerprint density at radius 3 is 2.76 bits per heavy atom. The van der Waals surface area contributed by atoms with Gasteiger partial charge in [0.1, 0.15) is 0 Å². The lowest BCUT2D eigenvalue weighted by atomic mass is 9.86. The van der Waals surface area contributed by atoms with Gasteiger partial charge in [0.05, 0.1) is 5.69 Å². The van der Waals surface area contributed by atoms with Gasteiger partial charge in [-0.3, -0.25) is 14.7 Å². The van der Waals surface area contributed by atoms with Crippen LogP contribution in [0.4, 0.5) is 14.5 Å². The predicted octanol–water partition coefficient (Wildman–Crippen LogP) is 2.99. The number of likely N-dealkylation sites (tertiary alicyclic amines) is 1. The summed E-state index contributed by atoms with van der Waals surface area (Å²) in [5, 5.41) is 0. The first-order valence-corrected chi connectivity index (χ1v) is 8.42. The quantitative estimate of drug-likeness (QED) is 0.860. The van der Waals surface area contributed by atoms with Crippen molar-refractivity contribution in [3.8, 4) is 0 Å². The van der Waals surface area contributed by atoms with Crippen LogP contribution in [0.3, 0.4) is 0 Å². The molecule has 0 N–H and O–H groups in total. The van der Waals surface area contributed by atoms with Crippen LogP contribution in [0.2, 0.25) is 0 Å². The highest BCUT2D eigenvalue weighted by Crippen LogP contribution is 2.42. The number of carbonyl (C=O) groups excluding carboxylic acids is 1. The Hall–Kier alpha value is -2.34. The summed E-state index contributed by atoms with van der Waals surface area (Å²) in [6.07, 6.45) is 3.15. The summed E-state index contributed by atoms with van der Waals surface area (Å²) in [5.74, 6) is -1.84. The van der Waals surface area contributed by atoms with E-state index in [-0.39, 0.29) is 11.3 Å². The number of benzene rings is 1. The summed E-state index contributed by atoms with van der Waals surface area (Å²) >= 11 is 0. The number of anilines is 1. The van der Waals surface area contributed by atoms with E-state index in [0.29, 0.717) is 18.7 Å². The van der Waals surface area contributed by atoms with Gasteiger partial charge in [-0.2, -0.15) is 0 Å². The van der Waals surface area contributed by atoms with E-state index in [4.69, 9.17) is 0 Å². The number of carbonyl (C=O) groups is 1. The van der Waals surface area contributed by atoms with Gasteiger partial charge in [-0.1, -0.05) is 6.07 Å².